The van der Waals surface area contributed by atoms with Gasteiger partial charge >= 0.3 is 6.03 Å². The molecule has 0 atom stereocenters. The van der Waals surface area contributed by atoms with Crippen molar-refractivity contribution in [2.45, 2.75) is 0 Å². The van der Waals surface area contributed by atoms with Crippen molar-refractivity contribution in [1.82, 2.24) is 5.48 Å². The van der Waals surface area contributed by atoms with Crippen LogP contribution in [-0.4, -0.2) is 17.3 Å². The Kier molecular flexibility index (Phi) is 2.50. The van der Waals surface area contributed by atoms with E-state index in [9.17, 15) is 4.79 Å². The van der Waals surface area contributed by atoms with Crippen LogP contribution in [0.2, 0.25) is 0 Å². The molecule has 5 heteroatoms. The lowest BCUT2D eigenvalue weighted by atomic mass is 11.1. The van der Waals surface area contributed by atoms with E-state index in [0.29, 0.717) is 0 Å². The highest BCUT2D eigenvalue weighted by Gasteiger charge is 1.86. The first-order valence-electron chi connectivity index (χ1n) is 1.33. The first-order valence-corrected chi connectivity index (χ1v) is 1.33. The standard InChI is InChI=1S/C2H2N2O3/c5-1-3-2(6)4-7/h7H,(H,4,6). The minimum Gasteiger partial charge on any atom is -0.287 e. The van der Waals surface area contributed by atoms with Gasteiger partial charge < -0.3 is 0 Å². The fourth-order valence-electron chi connectivity index (χ4n) is 0.0665. The Hall–Kier alpha value is -1.19. The number of urea groups is 1. The predicted molar refractivity (Wildman–Crippen MR) is 18.4 cm³/mol. The van der Waals surface area contributed by atoms with Crippen molar-refractivity contribution in [3.05, 3.63) is 0 Å². The van der Waals surface area contributed by atoms with Gasteiger partial charge in [0.1, 0.15) is 0 Å². The van der Waals surface area contributed by atoms with Gasteiger partial charge in [0.2, 0.25) is 6.08 Å². The van der Waals surface area contributed by atoms with Gasteiger partial charge in [0.05, 0.1) is 0 Å². The fourth-order valence-corrected chi connectivity index (χ4v) is 0.0665. The lowest BCUT2D eigenvalue weighted by molar-refractivity contribution is 0.169. The number of aliphatic imine (C=N–C) groups is 1. The van der Waals surface area contributed by atoms with Crippen molar-refractivity contribution in [2.75, 3.05) is 0 Å². The van der Waals surface area contributed by atoms with Gasteiger partial charge in [-0.1, -0.05) is 0 Å². The maximum atomic E-state index is 9.62. The van der Waals surface area contributed by atoms with E-state index in [1.54, 1.807) is 0 Å². The molecule has 0 saturated carbocycles. The van der Waals surface area contributed by atoms with E-state index in [1.165, 1.54) is 0 Å². The Bertz CT molecular complexity index is 114. The molecule has 0 fully saturated rings. The predicted octanol–water partition coefficient (Wildman–Crippen LogP) is -0.579. The highest BCUT2D eigenvalue weighted by Crippen LogP contribution is 1.62. The minimum absolute atomic E-state index is 0.921. The summed E-state index contributed by atoms with van der Waals surface area (Å²) in [5.74, 6) is 0. The van der Waals surface area contributed by atoms with Crippen LogP contribution in [0.1, 0.15) is 0 Å². The van der Waals surface area contributed by atoms with Crippen LogP contribution in [0.4, 0.5) is 4.79 Å². The molecule has 0 aliphatic heterocycles. The number of carbonyl (C=O) groups is 1. The molecule has 38 valence electrons. The van der Waals surface area contributed by atoms with Gasteiger partial charge in [0.25, 0.3) is 0 Å². The van der Waals surface area contributed by atoms with Crippen molar-refractivity contribution in [1.29, 1.82) is 0 Å². The van der Waals surface area contributed by atoms with Crippen molar-refractivity contribution >= 4 is 12.1 Å². The number of hydrogen-bond acceptors (Lipinski definition) is 3. The minimum atomic E-state index is -1.12. The van der Waals surface area contributed by atoms with Crippen LogP contribution in [0.25, 0.3) is 0 Å². The molecule has 0 rings (SSSR count). The van der Waals surface area contributed by atoms with Crippen LogP contribution in [0.3, 0.4) is 0 Å². The van der Waals surface area contributed by atoms with Crippen LogP contribution >= 0.6 is 0 Å². The Morgan fingerprint density at radius 2 is 2.43 bits per heavy atom. The van der Waals surface area contributed by atoms with Crippen LogP contribution in [-0.2, 0) is 4.79 Å². The summed E-state index contributed by atoms with van der Waals surface area (Å²) >= 11 is 0. The third-order valence-electron chi connectivity index (χ3n) is 0.243. The van der Waals surface area contributed by atoms with Gasteiger partial charge in [0.15, 0.2) is 0 Å². The van der Waals surface area contributed by atoms with Gasteiger partial charge in [-0.25, -0.2) is 15.1 Å². The summed E-state index contributed by atoms with van der Waals surface area (Å²) in [6.07, 6.45) is 0.921. The van der Waals surface area contributed by atoms with Gasteiger partial charge in [-0.2, -0.15) is 0 Å². The van der Waals surface area contributed by atoms with Crippen LogP contribution in [0, 0.1) is 0 Å². The largest absolute Gasteiger partial charge is 0.375 e. The summed E-state index contributed by atoms with van der Waals surface area (Å²) in [7, 11) is 0. The molecule has 0 aliphatic rings. The second-order valence-electron chi connectivity index (χ2n) is 0.620. The van der Waals surface area contributed by atoms with E-state index in [2.05, 4.69) is 4.99 Å². The molecular formula is C2H2N2O3. The third kappa shape index (κ3) is 2.62. The van der Waals surface area contributed by atoms with Crippen molar-refractivity contribution < 1.29 is 14.8 Å². The number of nitrogens with one attached hydrogen (secondary N) is 1. The Morgan fingerprint density at radius 1 is 1.86 bits per heavy atom. The normalized spacial score (nSPS) is 6.43. The average Bonchev–Trinajstić information content (AvgIpc) is 1.68. The zero-order chi connectivity index (χ0) is 5.70. The number of isocyanates is 1. The van der Waals surface area contributed by atoms with Gasteiger partial charge in [-0.3, -0.25) is 5.21 Å². The molecule has 5 nitrogen and oxygen atoms in total. The average molecular weight is 102 g/mol. The first-order chi connectivity index (χ1) is 3.31. The Balaban J connectivity index is 3.58. The number of carbonyl (C=O) groups excluding carboxylic acids is 2. The smallest absolute Gasteiger partial charge is 0.287 e. The summed E-state index contributed by atoms with van der Waals surface area (Å²) in [5.41, 5.74) is 1.10. The lowest BCUT2D eigenvalue weighted by Crippen LogP contribution is -2.12. The van der Waals surface area contributed by atoms with Gasteiger partial charge in [-0.15, -0.1) is 4.99 Å². The van der Waals surface area contributed by atoms with Crippen molar-refractivity contribution in [3.8, 4) is 0 Å². The molecule has 0 aromatic rings. The van der Waals surface area contributed by atoms with E-state index in [0.717, 1.165) is 11.6 Å². The molecule has 0 aromatic carbocycles. The molecule has 0 spiro atoms. The quantitative estimate of drug-likeness (QED) is 0.186. The molecule has 2 N–H and O–H groups in total. The third-order valence-corrected chi connectivity index (χ3v) is 0.243. The highest BCUT2D eigenvalue weighted by molar-refractivity contribution is 5.78. The number of hydroxylamine groups is 1. The molecule has 0 saturated heterocycles. The summed E-state index contributed by atoms with van der Waals surface area (Å²) in [4.78, 5) is 21.2. The van der Waals surface area contributed by atoms with E-state index in [-0.39, 0.29) is 0 Å². The molecule has 0 unspecified atom stereocenters. The molecule has 0 bridgehead atoms. The lowest BCUT2D eigenvalue weighted by Gasteiger charge is -1.78. The van der Waals surface area contributed by atoms with E-state index in [4.69, 9.17) is 10.0 Å². The number of rotatable bonds is 0. The zero-order valence-corrected chi connectivity index (χ0v) is 3.21. The second kappa shape index (κ2) is 3.02. The Labute approximate surface area is 38.6 Å². The highest BCUT2D eigenvalue weighted by atomic mass is 16.5. The van der Waals surface area contributed by atoms with Crippen LogP contribution < -0.4 is 5.48 Å². The monoisotopic (exact) mass is 102 g/mol. The molecular weight excluding hydrogens is 100 g/mol. The van der Waals surface area contributed by atoms with Crippen LogP contribution in [0.15, 0.2) is 4.99 Å². The summed E-state index contributed by atoms with van der Waals surface area (Å²) < 4.78 is 0. The van der Waals surface area contributed by atoms with Gasteiger partial charge in [0, 0.05) is 0 Å². The summed E-state index contributed by atoms with van der Waals surface area (Å²) in [5, 5.41) is 7.59. The fraction of sp³-hybridized carbons (Fsp3) is 0. The molecule has 0 aromatic heterocycles. The summed E-state index contributed by atoms with van der Waals surface area (Å²) in [6, 6.07) is -1.12. The number of hydrogen-bond donors (Lipinski definition) is 2. The van der Waals surface area contributed by atoms with E-state index in [1.807, 2.05) is 0 Å². The summed E-state index contributed by atoms with van der Waals surface area (Å²) in [6.45, 7) is 0. The SMILES string of the molecule is O=C=NC(=O)NO. The molecule has 0 aliphatic carbocycles. The number of nitrogens with zero attached hydrogens (tertiary/aromatic N) is 1. The molecule has 2 amide bonds. The van der Waals surface area contributed by atoms with Crippen molar-refractivity contribution in [2.24, 2.45) is 4.99 Å². The first kappa shape index (κ1) is 5.81. The molecule has 7 heavy (non-hydrogen) atoms. The Morgan fingerprint density at radius 3 is 2.57 bits per heavy atom. The maximum Gasteiger partial charge on any atom is 0.375 e. The van der Waals surface area contributed by atoms with Crippen LogP contribution in [0.5, 0.6) is 0 Å². The van der Waals surface area contributed by atoms with Gasteiger partial charge in [-0.05, 0) is 0 Å². The topological polar surface area (TPSA) is 78.8 Å². The molecule has 0 heterocycles. The number of amides is 2. The zero-order valence-electron chi connectivity index (χ0n) is 3.21. The molecule has 0 radical (unpaired) electrons. The second-order valence-corrected chi connectivity index (χ2v) is 0.620. The van der Waals surface area contributed by atoms with E-state index < -0.39 is 6.03 Å². The van der Waals surface area contributed by atoms with Crippen molar-refractivity contribution in [3.63, 3.8) is 0 Å². The maximum absolute atomic E-state index is 9.62. The van der Waals surface area contributed by atoms with E-state index >= 15 is 0 Å².